The molecule has 1 unspecified atom stereocenters. The average Bonchev–Trinajstić information content (AvgIpc) is 2.81. The Morgan fingerprint density at radius 1 is 1.31 bits per heavy atom. The third-order valence-electron chi connectivity index (χ3n) is 3.95. The molecular formula is C13H14NO2+. The van der Waals surface area contributed by atoms with Gasteiger partial charge >= 0.3 is 5.90 Å². The van der Waals surface area contributed by atoms with E-state index in [0.717, 1.165) is 0 Å². The molecule has 3 heteroatoms. The van der Waals surface area contributed by atoms with Crippen LogP contribution in [-0.2, 0) is 0 Å². The van der Waals surface area contributed by atoms with Crippen LogP contribution in [-0.4, -0.2) is 16.8 Å². The van der Waals surface area contributed by atoms with Gasteiger partial charge in [-0.15, -0.1) is 0 Å². The molecule has 3 nitrogen and oxygen atoms in total. The number of carbonyl (C=O) groups is 1. The van der Waals surface area contributed by atoms with E-state index in [0.29, 0.717) is 17.7 Å². The number of aliphatic hydroxyl groups is 1. The Balaban J connectivity index is 2.22. The predicted molar refractivity (Wildman–Crippen MR) is 59.9 cm³/mol. The third kappa shape index (κ3) is 0.889. The first kappa shape index (κ1) is 9.58. The Hall–Kier alpha value is -1.64. The number of hydrogen-bond donors (Lipinski definition) is 2. The fraction of sp³-hybridized carbons (Fsp3) is 0.385. The molecule has 3 rings (SSSR count). The van der Waals surface area contributed by atoms with E-state index in [1.165, 1.54) is 0 Å². The maximum atomic E-state index is 12.4. The molecule has 1 aliphatic heterocycles. The molecule has 1 aromatic rings. The SMILES string of the molecule is CC1(C)CC12C(=O)c1ccccc1[NH+]=C2O. The van der Waals surface area contributed by atoms with Crippen LogP contribution in [0.1, 0.15) is 30.6 Å². The van der Waals surface area contributed by atoms with Crippen LogP contribution in [0, 0.1) is 10.8 Å². The lowest BCUT2D eigenvalue weighted by molar-refractivity contribution is -0.372. The number of Topliss-reactive ketones (excluding diaryl/α,β-unsaturated/α-hetero) is 1. The summed E-state index contributed by atoms with van der Waals surface area (Å²) in [5.74, 6) is 0.158. The summed E-state index contributed by atoms with van der Waals surface area (Å²) < 4.78 is 0. The molecule has 1 aliphatic carbocycles. The van der Waals surface area contributed by atoms with Gasteiger partial charge in [-0.2, -0.15) is 4.99 Å². The number of benzene rings is 1. The average molecular weight is 216 g/mol. The lowest BCUT2D eigenvalue weighted by Gasteiger charge is -2.17. The van der Waals surface area contributed by atoms with Gasteiger partial charge in [-0.05, 0) is 17.9 Å². The fourth-order valence-electron chi connectivity index (χ4n) is 2.77. The minimum absolute atomic E-state index is 0.0457. The Morgan fingerprint density at radius 2 is 1.94 bits per heavy atom. The lowest BCUT2D eigenvalue weighted by Crippen LogP contribution is -2.73. The van der Waals surface area contributed by atoms with Gasteiger partial charge in [0, 0.05) is 6.07 Å². The van der Waals surface area contributed by atoms with Crippen molar-refractivity contribution in [1.29, 1.82) is 0 Å². The zero-order valence-electron chi connectivity index (χ0n) is 9.37. The smallest absolute Gasteiger partial charge is 0.353 e. The topological polar surface area (TPSA) is 51.3 Å². The zero-order chi connectivity index (χ0) is 11.6. The maximum absolute atomic E-state index is 12.4. The molecule has 1 saturated carbocycles. The number of nitrogens with one attached hydrogen (secondary N) is 1. The molecule has 0 saturated heterocycles. The van der Waals surface area contributed by atoms with Gasteiger partial charge in [0.1, 0.15) is 0 Å². The molecule has 0 amide bonds. The van der Waals surface area contributed by atoms with Crippen LogP contribution in [0.25, 0.3) is 0 Å². The van der Waals surface area contributed by atoms with Crippen molar-refractivity contribution in [3.05, 3.63) is 29.8 Å². The van der Waals surface area contributed by atoms with Crippen LogP contribution in [0.4, 0.5) is 5.69 Å². The minimum atomic E-state index is -0.693. The van der Waals surface area contributed by atoms with E-state index in [-0.39, 0.29) is 17.1 Å². The van der Waals surface area contributed by atoms with Crippen molar-refractivity contribution in [1.82, 2.24) is 0 Å². The van der Waals surface area contributed by atoms with Gasteiger partial charge in [-0.3, -0.25) is 4.79 Å². The number of para-hydroxylation sites is 1. The Kier molecular flexibility index (Phi) is 1.52. The number of fused-ring (bicyclic) bond motifs is 1. The second-order valence-corrected chi connectivity index (χ2v) is 5.31. The van der Waals surface area contributed by atoms with Gasteiger partial charge in [0.15, 0.2) is 11.2 Å². The van der Waals surface area contributed by atoms with E-state index in [4.69, 9.17) is 0 Å². The maximum Gasteiger partial charge on any atom is 0.353 e. The molecule has 1 fully saturated rings. The van der Waals surface area contributed by atoms with Crippen molar-refractivity contribution < 1.29 is 14.9 Å². The fourth-order valence-corrected chi connectivity index (χ4v) is 2.77. The van der Waals surface area contributed by atoms with E-state index in [9.17, 15) is 9.90 Å². The van der Waals surface area contributed by atoms with E-state index in [2.05, 4.69) is 4.99 Å². The molecule has 1 spiro atoms. The summed E-state index contributed by atoms with van der Waals surface area (Å²) in [6.07, 6.45) is 0.714. The molecular weight excluding hydrogens is 202 g/mol. The van der Waals surface area contributed by atoms with Crippen molar-refractivity contribution in [2.75, 3.05) is 0 Å². The molecule has 16 heavy (non-hydrogen) atoms. The molecule has 2 N–H and O–H groups in total. The molecule has 0 bridgehead atoms. The summed E-state index contributed by atoms with van der Waals surface area (Å²) >= 11 is 0. The first-order valence-corrected chi connectivity index (χ1v) is 5.46. The van der Waals surface area contributed by atoms with Crippen LogP contribution in [0.15, 0.2) is 24.3 Å². The van der Waals surface area contributed by atoms with Crippen molar-refractivity contribution >= 4 is 17.4 Å². The van der Waals surface area contributed by atoms with Crippen molar-refractivity contribution in [2.45, 2.75) is 20.3 Å². The molecule has 1 heterocycles. The van der Waals surface area contributed by atoms with Crippen LogP contribution in [0.2, 0.25) is 0 Å². The molecule has 82 valence electrons. The second kappa shape index (κ2) is 2.54. The predicted octanol–water partition coefficient (Wildman–Crippen LogP) is 0.968. The molecule has 1 atom stereocenters. The molecule has 0 aromatic heterocycles. The van der Waals surface area contributed by atoms with Gasteiger partial charge in [0.2, 0.25) is 5.69 Å². The highest BCUT2D eigenvalue weighted by Crippen LogP contribution is 2.65. The van der Waals surface area contributed by atoms with E-state index >= 15 is 0 Å². The van der Waals surface area contributed by atoms with Crippen LogP contribution >= 0.6 is 0 Å². The van der Waals surface area contributed by atoms with Gasteiger partial charge in [-0.25, -0.2) is 0 Å². The van der Waals surface area contributed by atoms with Gasteiger partial charge < -0.3 is 5.11 Å². The van der Waals surface area contributed by atoms with Gasteiger partial charge in [0.25, 0.3) is 0 Å². The van der Waals surface area contributed by atoms with Crippen molar-refractivity contribution in [2.24, 2.45) is 10.8 Å². The molecule has 0 radical (unpaired) electrons. The number of rotatable bonds is 0. The van der Waals surface area contributed by atoms with Crippen molar-refractivity contribution in [3.8, 4) is 0 Å². The summed E-state index contributed by atoms with van der Waals surface area (Å²) in [7, 11) is 0. The lowest BCUT2D eigenvalue weighted by atomic mass is 9.84. The highest BCUT2D eigenvalue weighted by Gasteiger charge is 2.74. The normalized spacial score (nSPS) is 29.9. The molecule has 1 aromatic carbocycles. The van der Waals surface area contributed by atoms with Crippen LogP contribution < -0.4 is 4.99 Å². The Bertz CT molecular complexity index is 530. The number of ketones is 1. The summed E-state index contributed by atoms with van der Waals surface area (Å²) in [4.78, 5) is 15.4. The van der Waals surface area contributed by atoms with Crippen molar-refractivity contribution in [3.63, 3.8) is 0 Å². The summed E-state index contributed by atoms with van der Waals surface area (Å²) in [6.45, 7) is 4.02. The minimum Gasteiger partial charge on any atom is -0.462 e. The Labute approximate surface area is 93.8 Å². The van der Waals surface area contributed by atoms with Gasteiger partial charge in [0.05, 0.1) is 5.56 Å². The highest BCUT2D eigenvalue weighted by molar-refractivity contribution is 6.18. The largest absolute Gasteiger partial charge is 0.462 e. The number of carbonyl (C=O) groups excluding carboxylic acids is 1. The van der Waals surface area contributed by atoms with Crippen LogP contribution in [0.3, 0.4) is 0 Å². The Morgan fingerprint density at radius 3 is 2.56 bits per heavy atom. The molecule has 2 aliphatic rings. The number of aliphatic hydroxyl groups excluding tert-OH is 1. The number of hydrogen-bond acceptors (Lipinski definition) is 1. The van der Waals surface area contributed by atoms with Gasteiger partial charge in [-0.1, -0.05) is 26.0 Å². The second-order valence-electron chi connectivity index (χ2n) is 5.31. The quantitative estimate of drug-likeness (QED) is 0.679. The summed E-state index contributed by atoms with van der Waals surface area (Å²) in [5.41, 5.74) is 0.556. The standard InChI is InChI=1S/C13H13NO2/c1-12(2)7-13(12)10(15)8-5-3-4-6-9(8)14-11(13)16/h3-6H,7H2,1-2H3,(H,14,16)/p+1. The van der Waals surface area contributed by atoms with E-state index in [1.807, 2.05) is 38.1 Å². The summed E-state index contributed by atoms with van der Waals surface area (Å²) in [6, 6.07) is 7.32. The monoisotopic (exact) mass is 216 g/mol. The first-order valence-electron chi connectivity index (χ1n) is 5.46. The van der Waals surface area contributed by atoms with Crippen LogP contribution in [0.5, 0.6) is 0 Å². The first-order chi connectivity index (χ1) is 7.49. The van der Waals surface area contributed by atoms with E-state index in [1.54, 1.807) is 0 Å². The zero-order valence-corrected chi connectivity index (χ0v) is 9.37. The van der Waals surface area contributed by atoms with E-state index < -0.39 is 5.41 Å². The summed E-state index contributed by atoms with van der Waals surface area (Å²) in [5, 5.41) is 10.0. The highest BCUT2D eigenvalue weighted by atomic mass is 16.3. The third-order valence-corrected chi connectivity index (χ3v) is 3.95.